The molecule has 1 aliphatic rings. The minimum atomic E-state index is -4.54. The molecular weight excluding hydrogens is 431 g/mol. The van der Waals surface area contributed by atoms with Crippen LogP contribution in [-0.2, 0) is 9.59 Å². The van der Waals surface area contributed by atoms with Crippen LogP contribution in [0.3, 0.4) is 0 Å². The van der Waals surface area contributed by atoms with Crippen molar-refractivity contribution in [1.82, 2.24) is 0 Å². The summed E-state index contributed by atoms with van der Waals surface area (Å²) < 4.78 is 40.7. The minimum Gasteiger partial charge on any atom is -0.481 e. The van der Waals surface area contributed by atoms with Gasteiger partial charge in [0, 0.05) is 0 Å². The molecule has 170 valence electrons. The Kier molecular flexibility index (Phi) is 8.34. The lowest BCUT2D eigenvalue weighted by Crippen LogP contribution is -2.40. The number of carboxylic acid groups (broad SMARTS) is 1. The summed E-state index contributed by atoms with van der Waals surface area (Å²) in [4.78, 5) is 24.0. The van der Waals surface area contributed by atoms with E-state index in [1.165, 1.54) is 12.1 Å². The van der Waals surface area contributed by atoms with Crippen LogP contribution in [0.1, 0.15) is 51.5 Å². The summed E-state index contributed by atoms with van der Waals surface area (Å²) in [6, 6.07) is 4.67. The number of alkyl halides is 3. The Morgan fingerprint density at radius 1 is 1.29 bits per heavy atom. The maximum absolute atomic E-state index is 13.6. The maximum Gasteiger partial charge on any atom is 0.392 e. The van der Waals surface area contributed by atoms with Crippen LogP contribution in [0.2, 0.25) is 5.02 Å². The number of hydrogen-bond acceptors (Lipinski definition) is 2. The van der Waals surface area contributed by atoms with E-state index >= 15 is 0 Å². The van der Waals surface area contributed by atoms with Gasteiger partial charge in [0.05, 0.1) is 29.0 Å². The zero-order chi connectivity index (χ0) is 23.3. The summed E-state index contributed by atoms with van der Waals surface area (Å²) in [5.41, 5.74) is 1.82. The van der Waals surface area contributed by atoms with Crippen molar-refractivity contribution in [2.75, 3.05) is 5.32 Å². The van der Waals surface area contributed by atoms with E-state index in [2.05, 4.69) is 5.32 Å². The first kappa shape index (κ1) is 25.0. The van der Waals surface area contributed by atoms with Crippen LogP contribution in [0, 0.1) is 17.8 Å². The summed E-state index contributed by atoms with van der Waals surface area (Å²) in [6.07, 6.45) is 1.79. The van der Waals surface area contributed by atoms with Gasteiger partial charge >= 0.3 is 12.1 Å². The van der Waals surface area contributed by atoms with Crippen LogP contribution >= 0.6 is 11.6 Å². The average Bonchev–Trinajstić information content (AvgIpc) is 2.69. The first-order valence-corrected chi connectivity index (χ1v) is 10.6. The molecule has 4 atom stereocenters. The molecule has 2 N–H and O–H groups in total. The van der Waals surface area contributed by atoms with Gasteiger partial charge in [-0.15, -0.1) is 0 Å². The number of carbonyl (C=O) groups excluding carboxylic acids is 1. The van der Waals surface area contributed by atoms with E-state index in [0.717, 1.165) is 18.9 Å². The smallest absolute Gasteiger partial charge is 0.392 e. The quantitative estimate of drug-likeness (QED) is 0.463. The fourth-order valence-corrected chi connectivity index (χ4v) is 3.91. The molecule has 0 saturated heterocycles. The topological polar surface area (TPSA) is 66.4 Å². The monoisotopic (exact) mass is 457 g/mol. The Balaban J connectivity index is 2.31. The van der Waals surface area contributed by atoms with E-state index in [1.54, 1.807) is 25.1 Å². The second-order valence-corrected chi connectivity index (χ2v) is 8.38. The molecule has 2 unspecified atom stereocenters. The molecule has 0 saturated carbocycles. The summed E-state index contributed by atoms with van der Waals surface area (Å²) in [7, 11) is 0. The van der Waals surface area contributed by atoms with Crippen molar-refractivity contribution >= 4 is 29.2 Å². The highest BCUT2D eigenvalue weighted by atomic mass is 35.5. The van der Waals surface area contributed by atoms with Gasteiger partial charge in [-0.3, -0.25) is 9.59 Å². The zero-order valence-corrected chi connectivity index (χ0v) is 18.4. The molecule has 8 heteroatoms. The normalized spacial score (nSPS) is 19.3. The molecule has 0 bridgehead atoms. The molecule has 0 aromatic heterocycles. The van der Waals surface area contributed by atoms with Crippen molar-refractivity contribution in [2.24, 2.45) is 17.8 Å². The van der Waals surface area contributed by atoms with E-state index in [0.29, 0.717) is 12.0 Å². The van der Waals surface area contributed by atoms with Crippen LogP contribution in [0.15, 0.2) is 42.0 Å². The highest BCUT2D eigenvalue weighted by molar-refractivity contribution is 6.33. The number of amides is 1. The highest BCUT2D eigenvalue weighted by Crippen LogP contribution is 2.40. The Morgan fingerprint density at radius 2 is 1.97 bits per heavy atom. The number of benzene rings is 1. The molecule has 2 rings (SSSR count). The molecular formula is C23H27ClF3NO3. The minimum absolute atomic E-state index is 0.123. The first-order valence-electron chi connectivity index (χ1n) is 10.2. The van der Waals surface area contributed by atoms with Gasteiger partial charge in [0.1, 0.15) is 0 Å². The third kappa shape index (κ3) is 6.60. The standard InChI is InChI=1S/C23H27ClF3NO3/c1-4-15-5-7-16(8-6-15)21(14(3)23(25,26)27)22(31)28-19-12-17(9-10-18(19)24)13(2)11-20(29)30/h5-7,9-10,12-14,16,21H,4,8,11H2,1-3H3,(H,28,31)(H,29,30)/t13?,14-,16?,21+/m1/s1. The van der Waals surface area contributed by atoms with Crippen molar-refractivity contribution < 1.29 is 27.9 Å². The van der Waals surface area contributed by atoms with Gasteiger partial charge in [-0.25, -0.2) is 0 Å². The molecule has 0 heterocycles. The van der Waals surface area contributed by atoms with E-state index in [4.69, 9.17) is 16.7 Å². The molecule has 0 spiro atoms. The fraction of sp³-hybridized carbons (Fsp3) is 0.478. The van der Waals surface area contributed by atoms with Crippen molar-refractivity contribution in [3.05, 3.63) is 52.6 Å². The van der Waals surface area contributed by atoms with E-state index < -0.39 is 35.8 Å². The number of halogens is 4. The Bertz CT molecular complexity index is 879. The SMILES string of the molecule is CCC1=CCC([C@@H](C(=O)Nc2cc(C(C)CC(=O)O)ccc2Cl)[C@@H](C)C(F)(F)F)C=C1. The number of anilines is 1. The van der Waals surface area contributed by atoms with Gasteiger partial charge in [-0.1, -0.05) is 62.2 Å². The summed E-state index contributed by atoms with van der Waals surface area (Å²) >= 11 is 6.17. The van der Waals surface area contributed by atoms with E-state index in [9.17, 15) is 22.8 Å². The number of hydrogen-bond donors (Lipinski definition) is 2. The lowest BCUT2D eigenvalue weighted by atomic mass is 9.77. The van der Waals surface area contributed by atoms with E-state index in [1.807, 2.05) is 13.0 Å². The molecule has 1 aromatic carbocycles. The van der Waals surface area contributed by atoms with Crippen molar-refractivity contribution in [3.63, 3.8) is 0 Å². The molecule has 4 nitrogen and oxygen atoms in total. The number of aliphatic carboxylic acids is 1. The van der Waals surface area contributed by atoms with Gasteiger partial charge in [0.2, 0.25) is 5.91 Å². The van der Waals surface area contributed by atoms with E-state index in [-0.39, 0.29) is 23.0 Å². The lowest BCUT2D eigenvalue weighted by Gasteiger charge is -2.31. The van der Waals surface area contributed by atoms with Crippen LogP contribution in [0.5, 0.6) is 0 Å². The number of nitrogens with one attached hydrogen (secondary N) is 1. The Labute approximate surface area is 185 Å². The van der Waals surface area contributed by atoms with Crippen LogP contribution in [0.4, 0.5) is 18.9 Å². The summed E-state index contributed by atoms with van der Waals surface area (Å²) in [5.74, 6) is -5.88. The molecule has 31 heavy (non-hydrogen) atoms. The van der Waals surface area contributed by atoms with Gasteiger partial charge in [-0.05, 0) is 42.4 Å². The Morgan fingerprint density at radius 3 is 2.48 bits per heavy atom. The third-order valence-corrected chi connectivity index (χ3v) is 6.06. The van der Waals surface area contributed by atoms with Crippen LogP contribution in [-0.4, -0.2) is 23.2 Å². The molecule has 0 radical (unpaired) electrons. The molecule has 0 aliphatic heterocycles. The van der Waals surface area contributed by atoms with Crippen molar-refractivity contribution in [3.8, 4) is 0 Å². The van der Waals surface area contributed by atoms with Gasteiger partial charge in [0.25, 0.3) is 0 Å². The zero-order valence-electron chi connectivity index (χ0n) is 17.7. The number of carbonyl (C=O) groups is 2. The predicted octanol–water partition coefficient (Wildman–Crippen LogP) is 6.58. The molecule has 0 fully saturated rings. The Hall–Kier alpha value is -2.28. The largest absolute Gasteiger partial charge is 0.481 e. The van der Waals surface area contributed by atoms with Crippen LogP contribution in [0.25, 0.3) is 0 Å². The average molecular weight is 458 g/mol. The number of allylic oxidation sites excluding steroid dienone is 4. The second-order valence-electron chi connectivity index (χ2n) is 7.97. The van der Waals surface area contributed by atoms with Crippen molar-refractivity contribution in [1.29, 1.82) is 0 Å². The molecule has 1 aliphatic carbocycles. The highest BCUT2D eigenvalue weighted by Gasteiger charge is 2.46. The molecule has 1 aromatic rings. The van der Waals surface area contributed by atoms with Gasteiger partial charge in [-0.2, -0.15) is 13.2 Å². The number of rotatable bonds is 8. The lowest BCUT2D eigenvalue weighted by molar-refractivity contribution is -0.188. The maximum atomic E-state index is 13.6. The first-order chi connectivity index (χ1) is 14.4. The number of carboxylic acids is 1. The summed E-state index contributed by atoms with van der Waals surface area (Å²) in [6.45, 7) is 4.69. The predicted molar refractivity (Wildman–Crippen MR) is 115 cm³/mol. The fourth-order valence-electron chi connectivity index (χ4n) is 3.75. The van der Waals surface area contributed by atoms with Gasteiger partial charge in [0.15, 0.2) is 0 Å². The van der Waals surface area contributed by atoms with Crippen LogP contribution < -0.4 is 5.32 Å². The third-order valence-electron chi connectivity index (χ3n) is 5.74. The molecule has 1 amide bonds. The summed E-state index contributed by atoms with van der Waals surface area (Å²) in [5, 5.41) is 11.7. The van der Waals surface area contributed by atoms with Crippen molar-refractivity contribution in [2.45, 2.75) is 52.1 Å². The second kappa shape index (κ2) is 10.4. The van der Waals surface area contributed by atoms with Gasteiger partial charge < -0.3 is 10.4 Å².